The van der Waals surface area contributed by atoms with Crippen LogP contribution in [0.2, 0.25) is 0 Å². The first-order valence-electron chi connectivity index (χ1n) is 11.5. The first-order chi connectivity index (χ1) is 13.1. The SMILES string of the molecule is CCC(C)CCCCCCCCCCCOC(=O)C1CCCCC1C(=O)O. The summed E-state index contributed by atoms with van der Waals surface area (Å²) in [6.45, 7) is 5.06. The molecule has 0 radical (unpaired) electrons. The number of ether oxygens (including phenoxy) is 1. The largest absolute Gasteiger partial charge is 0.481 e. The van der Waals surface area contributed by atoms with Crippen molar-refractivity contribution in [2.24, 2.45) is 17.8 Å². The predicted octanol–water partition coefficient (Wildman–Crippen LogP) is 6.37. The van der Waals surface area contributed by atoms with Crippen LogP contribution < -0.4 is 0 Å². The Hall–Kier alpha value is -1.06. The standard InChI is InChI=1S/C23H42O4/c1-3-19(2)15-11-9-7-5-4-6-8-10-14-18-27-23(26)21-17-13-12-16-20(21)22(24)25/h19-21H,3-18H2,1-2H3,(H,24,25). The molecule has 158 valence electrons. The molecule has 0 aromatic heterocycles. The zero-order valence-corrected chi connectivity index (χ0v) is 17.7. The zero-order valence-electron chi connectivity index (χ0n) is 17.7. The van der Waals surface area contributed by atoms with Gasteiger partial charge in [0.1, 0.15) is 0 Å². The topological polar surface area (TPSA) is 63.6 Å². The van der Waals surface area contributed by atoms with Crippen LogP contribution in [0.5, 0.6) is 0 Å². The fraction of sp³-hybridized carbons (Fsp3) is 0.913. The first kappa shape index (κ1) is 24.0. The van der Waals surface area contributed by atoms with Crippen molar-refractivity contribution in [3.8, 4) is 0 Å². The third-order valence-electron chi connectivity index (χ3n) is 6.17. The van der Waals surface area contributed by atoms with E-state index in [1.54, 1.807) is 0 Å². The second kappa shape index (κ2) is 14.9. The Kier molecular flexibility index (Phi) is 13.3. The fourth-order valence-electron chi connectivity index (χ4n) is 4.02. The van der Waals surface area contributed by atoms with Crippen LogP contribution >= 0.6 is 0 Å². The Morgan fingerprint density at radius 1 is 0.889 bits per heavy atom. The number of esters is 1. The van der Waals surface area contributed by atoms with Crippen LogP contribution in [0.3, 0.4) is 0 Å². The van der Waals surface area contributed by atoms with E-state index in [2.05, 4.69) is 13.8 Å². The van der Waals surface area contributed by atoms with Crippen molar-refractivity contribution in [2.75, 3.05) is 6.61 Å². The zero-order chi connectivity index (χ0) is 19.9. The summed E-state index contributed by atoms with van der Waals surface area (Å²) in [5.41, 5.74) is 0. The van der Waals surface area contributed by atoms with Gasteiger partial charge in [-0.05, 0) is 25.2 Å². The average molecular weight is 383 g/mol. The second-order valence-electron chi connectivity index (χ2n) is 8.49. The average Bonchev–Trinajstić information content (AvgIpc) is 2.68. The summed E-state index contributed by atoms with van der Waals surface area (Å²) in [6.07, 6.45) is 17.0. The summed E-state index contributed by atoms with van der Waals surface area (Å²) in [6, 6.07) is 0. The van der Waals surface area contributed by atoms with Crippen LogP contribution in [-0.2, 0) is 14.3 Å². The third kappa shape index (κ3) is 10.8. The van der Waals surface area contributed by atoms with Gasteiger partial charge in [-0.25, -0.2) is 0 Å². The van der Waals surface area contributed by atoms with E-state index in [9.17, 15) is 14.7 Å². The van der Waals surface area contributed by atoms with Crippen molar-refractivity contribution < 1.29 is 19.4 Å². The molecule has 0 heterocycles. The maximum absolute atomic E-state index is 12.1. The molecule has 1 rings (SSSR count). The first-order valence-corrected chi connectivity index (χ1v) is 11.5. The van der Waals surface area contributed by atoms with E-state index in [1.165, 1.54) is 57.8 Å². The molecular formula is C23H42O4. The summed E-state index contributed by atoms with van der Waals surface area (Å²) in [7, 11) is 0. The molecule has 0 aromatic carbocycles. The Labute approximate surface area is 166 Å². The minimum atomic E-state index is -0.850. The van der Waals surface area contributed by atoms with Gasteiger partial charge in [0, 0.05) is 0 Å². The number of aliphatic carboxylic acids is 1. The molecule has 1 aliphatic rings. The minimum absolute atomic E-state index is 0.292. The van der Waals surface area contributed by atoms with Gasteiger partial charge in [0.2, 0.25) is 0 Å². The van der Waals surface area contributed by atoms with Crippen LogP contribution in [-0.4, -0.2) is 23.7 Å². The molecule has 0 bridgehead atoms. The Morgan fingerprint density at radius 2 is 1.41 bits per heavy atom. The molecule has 27 heavy (non-hydrogen) atoms. The van der Waals surface area contributed by atoms with Gasteiger partial charge in [-0.1, -0.05) is 90.9 Å². The summed E-state index contributed by atoms with van der Waals surface area (Å²) >= 11 is 0. The maximum atomic E-state index is 12.1. The maximum Gasteiger partial charge on any atom is 0.309 e. The second-order valence-corrected chi connectivity index (χ2v) is 8.49. The lowest BCUT2D eigenvalue weighted by molar-refractivity contribution is -0.159. The van der Waals surface area contributed by atoms with Gasteiger partial charge in [0.25, 0.3) is 0 Å². The van der Waals surface area contributed by atoms with E-state index in [-0.39, 0.29) is 5.97 Å². The van der Waals surface area contributed by atoms with Crippen LogP contribution in [0, 0.1) is 17.8 Å². The van der Waals surface area contributed by atoms with Crippen LogP contribution in [0.25, 0.3) is 0 Å². The molecule has 3 atom stereocenters. The number of carboxylic acids is 1. The van der Waals surface area contributed by atoms with Gasteiger partial charge >= 0.3 is 11.9 Å². The molecule has 1 saturated carbocycles. The highest BCUT2D eigenvalue weighted by molar-refractivity contribution is 5.81. The van der Waals surface area contributed by atoms with Crippen molar-refractivity contribution in [2.45, 2.75) is 110 Å². The molecule has 0 saturated heterocycles. The van der Waals surface area contributed by atoms with Crippen molar-refractivity contribution in [3.63, 3.8) is 0 Å². The molecule has 1 aliphatic carbocycles. The van der Waals surface area contributed by atoms with Crippen molar-refractivity contribution >= 4 is 11.9 Å². The van der Waals surface area contributed by atoms with E-state index in [0.29, 0.717) is 19.4 Å². The molecule has 4 nitrogen and oxygen atoms in total. The summed E-state index contributed by atoms with van der Waals surface area (Å²) < 4.78 is 5.36. The lowest BCUT2D eigenvalue weighted by Gasteiger charge is -2.26. The Morgan fingerprint density at radius 3 is 1.96 bits per heavy atom. The highest BCUT2D eigenvalue weighted by atomic mass is 16.5. The smallest absolute Gasteiger partial charge is 0.309 e. The number of carbonyl (C=O) groups is 2. The molecule has 1 N–H and O–H groups in total. The van der Waals surface area contributed by atoms with Crippen molar-refractivity contribution in [1.29, 1.82) is 0 Å². The van der Waals surface area contributed by atoms with E-state index in [1.807, 2.05) is 0 Å². The van der Waals surface area contributed by atoms with Gasteiger partial charge in [-0.15, -0.1) is 0 Å². The van der Waals surface area contributed by atoms with Gasteiger partial charge < -0.3 is 9.84 Å². The fourth-order valence-corrected chi connectivity index (χ4v) is 4.02. The molecule has 0 aromatic rings. The van der Waals surface area contributed by atoms with Crippen LogP contribution in [0.15, 0.2) is 0 Å². The van der Waals surface area contributed by atoms with Crippen molar-refractivity contribution in [3.05, 3.63) is 0 Å². The highest BCUT2D eigenvalue weighted by Gasteiger charge is 2.36. The number of hydrogen-bond acceptors (Lipinski definition) is 3. The van der Waals surface area contributed by atoms with Gasteiger partial charge in [0.15, 0.2) is 0 Å². The summed E-state index contributed by atoms with van der Waals surface area (Å²) in [5.74, 6) is -1.24. The molecule has 0 spiro atoms. The molecule has 0 aliphatic heterocycles. The third-order valence-corrected chi connectivity index (χ3v) is 6.17. The molecule has 3 unspecified atom stereocenters. The van der Waals surface area contributed by atoms with Gasteiger partial charge in [-0.3, -0.25) is 9.59 Å². The number of rotatable bonds is 15. The summed E-state index contributed by atoms with van der Waals surface area (Å²) in [4.78, 5) is 23.4. The molecule has 1 fully saturated rings. The Balaban J connectivity index is 1.93. The van der Waals surface area contributed by atoms with Crippen molar-refractivity contribution in [1.82, 2.24) is 0 Å². The van der Waals surface area contributed by atoms with E-state index < -0.39 is 17.8 Å². The van der Waals surface area contributed by atoms with Gasteiger partial charge in [0.05, 0.1) is 18.4 Å². The van der Waals surface area contributed by atoms with Crippen LogP contribution in [0.1, 0.15) is 110 Å². The molecule has 4 heteroatoms. The monoisotopic (exact) mass is 382 g/mol. The predicted molar refractivity (Wildman–Crippen MR) is 110 cm³/mol. The highest BCUT2D eigenvalue weighted by Crippen LogP contribution is 2.31. The van der Waals surface area contributed by atoms with Gasteiger partial charge in [-0.2, -0.15) is 0 Å². The summed E-state index contributed by atoms with van der Waals surface area (Å²) in [5, 5.41) is 9.25. The number of unbranched alkanes of at least 4 members (excludes halogenated alkanes) is 8. The van der Waals surface area contributed by atoms with Crippen LogP contribution in [0.4, 0.5) is 0 Å². The molecular weight excluding hydrogens is 340 g/mol. The number of hydrogen-bond donors (Lipinski definition) is 1. The quantitative estimate of drug-likeness (QED) is 0.264. The lowest BCUT2D eigenvalue weighted by atomic mass is 9.79. The number of carboxylic acid groups (broad SMARTS) is 1. The minimum Gasteiger partial charge on any atom is -0.481 e. The van der Waals surface area contributed by atoms with E-state index in [0.717, 1.165) is 31.6 Å². The Bertz CT molecular complexity index is 407. The number of carbonyl (C=O) groups excluding carboxylic acids is 1. The van der Waals surface area contributed by atoms with E-state index in [4.69, 9.17) is 4.74 Å². The lowest BCUT2D eigenvalue weighted by Crippen LogP contribution is -2.33. The molecule has 0 amide bonds. The van der Waals surface area contributed by atoms with E-state index >= 15 is 0 Å². The normalized spacial score (nSPS) is 21.0.